The Bertz CT molecular complexity index is 780. The van der Waals surface area contributed by atoms with E-state index < -0.39 is 0 Å². The highest BCUT2D eigenvalue weighted by Gasteiger charge is 2.71. The molecule has 3 saturated carbocycles. The molecule has 1 amide bonds. The van der Waals surface area contributed by atoms with Crippen LogP contribution >= 0.6 is 0 Å². The third kappa shape index (κ3) is 5.64. The Labute approximate surface area is 186 Å². The number of ether oxygens (including phenoxy) is 2. The van der Waals surface area contributed by atoms with Gasteiger partial charge in [-0.25, -0.2) is 0 Å². The zero-order valence-electron chi connectivity index (χ0n) is 19.0. The van der Waals surface area contributed by atoms with Crippen LogP contribution in [0.25, 0.3) is 0 Å². The number of hydrogen-bond donors (Lipinski definition) is 1. The molecule has 1 aliphatic heterocycles. The van der Waals surface area contributed by atoms with E-state index in [1.807, 2.05) is 38.1 Å². The summed E-state index contributed by atoms with van der Waals surface area (Å²) < 4.78 is 15.8. The van der Waals surface area contributed by atoms with Crippen molar-refractivity contribution in [3.63, 3.8) is 0 Å². The normalized spacial score (nSPS) is 25.0. The molecule has 0 radical (unpaired) electrons. The van der Waals surface area contributed by atoms with Gasteiger partial charge in [-0.1, -0.05) is 39.3 Å². The van der Waals surface area contributed by atoms with E-state index in [1.165, 1.54) is 24.8 Å². The van der Waals surface area contributed by atoms with E-state index in [2.05, 4.69) is 22.4 Å². The van der Waals surface area contributed by atoms with Gasteiger partial charge >= 0.3 is 0 Å². The smallest absolute Gasteiger partial charge is 0.258 e. The number of rotatable bonds is 7. The van der Waals surface area contributed by atoms with E-state index in [-0.39, 0.29) is 24.9 Å². The minimum absolute atomic E-state index is 0. The van der Waals surface area contributed by atoms with Crippen molar-refractivity contribution < 1.29 is 20.1 Å². The number of aryl methyl sites for hydroxylation is 1. The van der Waals surface area contributed by atoms with Gasteiger partial charge in [-0.05, 0) is 56.2 Å². The van der Waals surface area contributed by atoms with Gasteiger partial charge in [-0.2, -0.15) is 0 Å². The lowest BCUT2D eigenvalue weighted by Gasteiger charge is -2.68. The maximum absolute atomic E-state index is 12.1. The van der Waals surface area contributed by atoms with E-state index in [4.69, 9.17) is 13.9 Å². The van der Waals surface area contributed by atoms with Crippen molar-refractivity contribution in [3.05, 3.63) is 42.1 Å². The molecule has 4 fully saturated rings. The van der Waals surface area contributed by atoms with Crippen LogP contribution in [0.3, 0.4) is 0 Å². The lowest BCUT2D eigenvalue weighted by atomic mass is 9.39. The number of aromatic nitrogens is 2. The molecule has 7 heteroatoms. The number of nitrogens with zero attached hydrogens (tertiary/aromatic N) is 2. The number of carbonyl (C=O) groups excluding carboxylic acids is 1. The minimum atomic E-state index is -0.0973. The third-order valence-corrected chi connectivity index (χ3v) is 5.91. The fraction of sp³-hybridized carbons (Fsp3) is 0.625. The van der Waals surface area contributed by atoms with Crippen LogP contribution in [0.15, 0.2) is 35.1 Å². The van der Waals surface area contributed by atoms with E-state index in [0.717, 1.165) is 51.1 Å². The molecule has 0 atom stereocenters. The molecule has 0 spiro atoms. The fourth-order valence-corrected chi connectivity index (χ4v) is 4.58. The first-order chi connectivity index (χ1) is 15.1. The van der Waals surface area contributed by atoms with Gasteiger partial charge in [-0.3, -0.25) is 4.79 Å². The minimum Gasteiger partial charge on any atom is -0.484 e. The summed E-state index contributed by atoms with van der Waals surface area (Å²) >= 11 is 0. The molecule has 1 N–H and O–H groups in total. The molecule has 6 rings (SSSR count). The van der Waals surface area contributed by atoms with Crippen molar-refractivity contribution in [1.82, 2.24) is 15.5 Å². The molecule has 7 nitrogen and oxygen atoms in total. The average molecular weight is 432 g/mol. The highest BCUT2D eigenvalue weighted by molar-refractivity contribution is 5.79. The van der Waals surface area contributed by atoms with Crippen molar-refractivity contribution in [2.75, 3.05) is 19.8 Å². The second kappa shape index (κ2) is 10.8. The zero-order valence-corrected chi connectivity index (χ0v) is 19.0. The molecule has 0 unspecified atom stereocenters. The molecule has 3 aliphatic carbocycles. The Morgan fingerprint density at radius 1 is 1.16 bits per heavy atom. The summed E-state index contributed by atoms with van der Waals surface area (Å²) in [4.78, 5) is 12.1. The molecule has 2 bridgehead atoms. The topological polar surface area (TPSA) is 86.5 Å². The van der Waals surface area contributed by atoms with Gasteiger partial charge in [0.05, 0.1) is 5.41 Å². The third-order valence-electron chi connectivity index (χ3n) is 5.91. The summed E-state index contributed by atoms with van der Waals surface area (Å²) in [5, 5.41) is 10.8. The van der Waals surface area contributed by atoms with Crippen molar-refractivity contribution in [2.24, 2.45) is 0 Å². The van der Waals surface area contributed by atoms with Gasteiger partial charge in [0.1, 0.15) is 5.75 Å². The highest BCUT2D eigenvalue weighted by Crippen LogP contribution is 2.67. The van der Waals surface area contributed by atoms with Gasteiger partial charge in [-0.15, -0.1) is 10.2 Å². The van der Waals surface area contributed by atoms with Gasteiger partial charge < -0.3 is 19.2 Å². The van der Waals surface area contributed by atoms with Gasteiger partial charge in [0, 0.05) is 20.2 Å². The Kier molecular flexibility index (Phi) is 8.07. The number of amides is 1. The lowest BCUT2D eigenvalue weighted by molar-refractivity contribution is -0.143. The fourth-order valence-electron chi connectivity index (χ4n) is 4.58. The van der Waals surface area contributed by atoms with Crippen LogP contribution in [-0.4, -0.2) is 41.5 Å². The molecule has 2 heterocycles. The zero-order chi connectivity index (χ0) is 22.2. The Balaban J connectivity index is 0.000000395. The summed E-state index contributed by atoms with van der Waals surface area (Å²) in [6.07, 6.45) is 8.72. The molecule has 2 aromatic rings. The maximum atomic E-state index is 12.1. The predicted octanol–water partition coefficient (Wildman–Crippen LogP) is 4.46. The number of hydrogen-bond acceptors (Lipinski definition) is 6. The molecule has 1 aromatic carbocycles. The Hall–Kier alpha value is -2.41. The first-order valence-electron chi connectivity index (χ1n) is 11.5. The molecule has 1 aromatic heterocycles. The summed E-state index contributed by atoms with van der Waals surface area (Å²) in [7, 11) is 0. The molecule has 172 valence electrons. The summed E-state index contributed by atoms with van der Waals surface area (Å²) in [6.45, 7) is 8.20. The molecule has 1 saturated heterocycles. The monoisotopic (exact) mass is 431 g/mol. The van der Waals surface area contributed by atoms with Crippen LogP contribution < -0.4 is 10.1 Å². The summed E-state index contributed by atoms with van der Waals surface area (Å²) in [5.41, 5.74) is 1.19. The highest BCUT2D eigenvalue weighted by atomic mass is 16.5. The van der Waals surface area contributed by atoms with E-state index in [1.54, 1.807) is 0 Å². The predicted molar refractivity (Wildman–Crippen MR) is 120 cm³/mol. The second-order valence-electron chi connectivity index (χ2n) is 8.39. The quantitative estimate of drug-likeness (QED) is 0.696. The SMILES string of the molecule is C1CCOC1.CC.CCCc1ccc(OCC(=O)NC23CC(c4nnco4)(C2)C3)cc1.[HH]. The average Bonchev–Trinajstić information content (AvgIpc) is 3.48. The molecular formula is C24H37N3O4. The van der Waals surface area contributed by atoms with Crippen LogP contribution in [0, 0.1) is 0 Å². The summed E-state index contributed by atoms with van der Waals surface area (Å²) in [6, 6.07) is 7.94. The van der Waals surface area contributed by atoms with Crippen molar-refractivity contribution in [2.45, 2.75) is 76.7 Å². The van der Waals surface area contributed by atoms with Crippen LogP contribution in [-0.2, 0) is 21.4 Å². The summed E-state index contributed by atoms with van der Waals surface area (Å²) in [5.74, 6) is 1.35. The van der Waals surface area contributed by atoms with Crippen LogP contribution in [0.2, 0.25) is 0 Å². The molecular weight excluding hydrogens is 394 g/mol. The number of nitrogens with one attached hydrogen (secondary N) is 1. The van der Waals surface area contributed by atoms with Crippen LogP contribution in [0.5, 0.6) is 5.75 Å². The van der Waals surface area contributed by atoms with Crippen molar-refractivity contribution >= 4 is 5.91 Å². The van der Waals surface area contributed by atoms with Crippen molar-refractivity contribution in [1.29, 1.82) is 0 Å². The first-order valence-corrected chi connectivity index (χ1v) is 11.5. The second-order valence-corrected chi connectivity index (χ2v) is 8.39. The van der Waals surface area contributed by atoms with E-state index in [0.29, 0.717) is 5.89 Å². The first kappa shape index (κ1) is 23.3. The van der Waals surface area contributed by atoms with Gasteiger partial charge in [0.25, 0.3) is 5.91 Å². The maximum Gasteiger partial charge on any atom is 0.258 e. The molecule has 31 heavy (non-hydrogen) atoms. The van der Waals surface area contributed by atoms with Crippen LogP contribution in [0.1, 0.15) is 72.2 Å². The van der Waals surface area contributed by atoms with Crippen LogP contribution in [0.4, 0.5) is 0 Å². The molecule has 4 aliphatic rings. The van der Waals surface area contributed by atoms with Gasteiger partial charge in [0.15, 0.2) is 6.61 Å². The largest absolute Gasteiger partial charge is 0.484 e. The van der Waals surface area contributed by atoms with E-state index >= 15 is 0 Å². The lowest BCUT2D eigenvalue weighted by Crippen LogP contribution is -2.77. The van der Waals surface area contributed by atoms with E-state index in [9.17, 15) is 4.79 Å². The van der Waals surface area contributed by atoms with Gasteiger partial charge in [0.2, 0.25) is 12.3 Å². The van der Waals surface area contributed by atoms with Crippen molar-refractivity contribution in [3.8, 4) is 5.75 Å². The number of benzene rings is 1. The Morgan fingerprint density at radius 3 is 2.35 bits per heavy atom. The Morgan fingerprint density at radius 2 is 1.84 bits per heavy atom. The number of carbonyl (C=O) groups is 1. The standard InChI is InChI=1S/C18H21N3O3.C4H8O.C2H6.H2/c1-2-3-13-4-6-14(7-5-13)23-8-15(22)20-18-9-17(10-18,11-18)16-21-19-12-24-16;1-2-4-5-3-1;1-2;/h4-7,12H,2-3,8-11H2,1H3,(H,20,22);1-4H2;1-2H3;1H.